The highest BCUT2D eigenvalue weighted by Crippen LogP contribution is 2.29. The first kappa shape index (κ1) is 14.0. The van der Waals surface area contributed by atoms with Crippen molar-refractivity contribution >= 4 is 37.8 Å². The summed E-state index contributed by atoms with van der Waals surface area (Å²) in [5.41, 5.74) is 1.00. The molecule has 0 spiro atoms. The van der Waals surface area contributed by atoms with Crippen LogP contribution in [-0.2, 0) is 0 Å². The van der Waals surface area contributed by atoms with Gasteiger partial charge in [0.25, 0.3) is 0 Å². The Labute approximate surface area is 134 Å². The number of hydrogen-bond acceptors (Lipinski definition) is 4. The van der Waals surface area contributed by atoms with E-state index < -0.39 is 0 Å². The van der Waals surface area contributed by atoms with E-state index in [2.05, 4.69) is 64.2 Å². The van der Waals surface area contributed by atoms with E-state index in [9.17, 15) is 0 Å². The first-order valence-electron chi connectivity index (χ1n) is 6.49. The number of halogens is 2. The van der Waals surface area contributed by atoms with Crippen LogP contribution < -0.4 is 10.2 Å². The SMILES string of the molecule is C[C@@H]1CN(c2n[nH]c(-c3cc(Br)ccc3Br)n2)CCN1. The molecule has 2 heterocycles. The number of piperazine rings is 1. The lowest BCUT2D eigenvalue weighted by molar-refractivity contribution is 0.480. The van der Waals surface area contributed by atoms with Crippen molar-refractivity contribution in [2.45, 2.75) is 13.0 Å². The third kappa shape index (κ3) is 2.89. The zero-order chi connectivity index (χ0) is 14.1. The number of aromatic amines is 1. The van der Waals surface area contributed by atoms with E-state index in [1.54, 1.807) is 0 Å². The summed E-state index contributed by atoms with van der Waals surface area (Å²) < 4.78 is 2.02. The van der Waals surface area contributed by atoms with Gasteiger partial charge >= 0.3 is 0 Å². The molecule has 20 heavy (non-hydrogen) atoms. The molecule has 0 amide bonds. The van der Waals surface area contributed by atoms with E-state index in [1.165, 1.54) is 0 Å². The lowest BCUT2D eigenvalue weighted by Gasteiger charge is -2.30. The van der Waals surface area contributed by atoms with E-state index in [1.807, 2.05) is 18.2 Å². The second-order valence-corrected chi connectivity index (χ2v) is 6.68. The summed E-state index contributed by atoms with van der Waals surface area (Å²) in [5, 5.41) is 10.8. The maximum absolute atomic E-state index is 4.62. The zero-order valence-electron chi connectivity index (χ0n) is 11.0. The van der Waals surface area contributed by atoms with Gasteiger partial charge in [-0.2, -0.15) is 4.98 Å². The minimum absolute atomic E-state index is 0.461. The van der Waals surface area contributed by atoms with Crippen LogP contribution in [0, 0.1) is 0 Å². The Kier molecular flexibility index (Phi) is 4.09. The Hall–Kier alpha value is -0.920. The molecule has 1 saturated heterocycles. The van der Waals surface area contributed by atoms with E-state index in [0.29, 0.717) is 6.04 Å². The number of anilines is 1. The van der Waals surface area contributed by atoms with Gasteiger partial charge < -0.3 is 10.2 Å². The van der Waals surface area contributed by atoms with Gasteiger partial charge in [-0.05, 0) is 25.1 Å². The van der Waals surface area contributed by atoms with E-state index in [-0.39, 0.29) is 0 Å². The monoisotopic (exact) mass is 399 g/mol. The van der Waals surface area contributed by atoms with Gasteiger partial charge in [0.05, 0.1) is 0 Å². The fraction of sp³-hybridized carbons (Fsp3) is 0.385. The maximum Gasteiger partial charge on any atom is 0.245 e. The van der Waals surface area contributed by atoms with Gasteiger partial charge in [0, 0.05) is 40.2 Å². The van der Waals surface area contributed by atoms with Crippen LogP contribution >= 0.6 is 31.9 Å². The lowest BCUT2D eigenvalue weighted by Crippen LogP contribution is -2.49. The van der Waals surface area contributed by atoms with Crippen molar-refractivity contribution in [3.63, 3.8) is 0 Å². The van der Waals surface area contributed by atoms with Gasteiger partial charge in [-0.25, -0.2) is 0 Å². The number of benzene rings is 1. The number of rotatable bonds is 2. The number of nitrogens with zero attached hydrogens (tertiary/aromatic N) is 3. The molecule has 1 aliphatic rings. The van der Waals surface area contributed by atoms with E-state index >= 15 is 0 Å². The molecule has 1 aromatic carbocycles. The third-order valence-electron chi connectivity index (χ3n) is 3.31. The molecular weight excluding hydrogens is 386 g/mol. The third-order valence-corrected chi connectivity index (χ3v) is 4.49. The Bertz CT molecular complexity index is 613. The van der Waals surface area contributed by atoms with Crippen LogP contribution in [0.4, 0.5) is 5.95 Å². The molecule has 1 aliphatic heterocycles. The van der Waals surface area contributed by atoms with Crippen molar-refractivity contribution in [2.24, 2.45) is 0 Å². The van der Waals surface area contributed by atoms with Crippen molar-refractivity contribution < 1.29 is 0 Å². The molecule has 7 heteroatoms. The second-order valence-electron chi connectivity index (χ2n) is 4.91. The molecule has 0 unspecified atom stereocenters. The molecular formula is C13H15Br2N5. The first-order chi connectivity index (χ1) is 9.63. The van der Waals surface area contributed by atoms with Gasteiger partial charge in [0.1, 0.15) is 0 Å². The molecule has 0 radical (unpaired) electrons. The number of aromatic nitrogens is 3. The number of nitrogens with one attached hydrogen (secondary N) is 2. The lowest BCUT2D eigenvalue weighted by atomic mass is 10.2. The maximum atomic E-state index is 4.62. The van der Waals surface area contributed by atoms with Crippen LogP contribution in [0.15, 0.2) is 27.1 Å². The van der Waals surface area contributed by atoms with Crippen LogP contribution in [0.5, 0.6) is 0 Å². The second kappa shape index (κ2) is 5.83. The predicted octanol–water partition coefficient (Wildman–Crippen LogP) is 2.79. The molecule has 1 atom stereocenters. The number of hydrogen-bond donors (Lipinski definition) is 2. The molecule has 5 nitrogen and oxygen atoms in total. The summed E-state index contributed by atoms with van der Waals surface area (Å²) in [5.74, 6) is 1.54. The van der Waals surface area contributed by atoms with Crippen LogP contribution in [0.1, 0.15) is 6.92 Å². The van der Waals surface area contributed by atoms with Crippen LogP contribution in [0.25, 0.3) is 11.4 Å². The molecule has 106 valence electrons. The molecule has 0 aliphatic carbocycles. The molecule has 0 saturated carbocycles. The van der Waals surface area contributed by atoms with E-state index in [4.69, 9.17) is 0 Å². The zero-order valence-corrected chi connectivity index (χ0v) is 14.2. The predicted molar refractivity (Wildman–Crippen MR) is 86.9 cm³/mol. The summed E-state index contributed by atoms with van der Waals surface area (Å²) in [6.07, 6.45) is 0. The number of H-pyrrole nitrogens is 1. The van der Waals surface area contributed by atoms with Crippen molar-refractivity contribution in [1.82, 2.24) is 20.5 Å². The largest absolute Gasteiger partial charge is 0.337 e. The normalized spacial score (nSPS) is 19.4. The molecule has 2 N–H and O–H groups in total. The highest BCUT2D eigenvalue weighted by Gasteiger charge is 2.20. The highest BCUT2D eigenvalue weighted by atomic mass is 79.9. The van der Waals surface area contributed by atoms with Gasteiger partial charge in [-0.1, -0.05) is 31.9 Å². The van der Waals surface area contributed by atoms with E-state index in [0.717, 1.165) is 45.9 Å². The Morgan fingerprint density at radius 3 is 3.00 bits per heavy atom. The van der Waals surface area contributed by atoms with Gasteiger partial charge in [0.15, 0.2) is 5.82 Å². The van der Waals surface area contributed by atoms with Gasteiger partial charge in [-0.15, -0.1) is 5.10 Å². The molecule has 3 rings (SSSR count). The summed E-state index contributed by atoms with van der Waals surface area (Å²) >= 11 is 7.03. The molecule has 1 fully saturated rings. The average molecular weight is 401 g/mol. The fourth-order valence-electron chi connectivity index (χ4n) is 2.31. The van der Waals surface area contributed by atoms with Crippen molar-refractivity contribution in [3.05, 3.63) is 27.1 Å². The van der Waals surface area contributed by atoms with Crippen molar-refractivity contribution in [2.75, 3.05) is 24.5 Å². The van der Waals surface area contributed by atoms with Crippen molar-refractivity contribution in [1.29, 1.82) is 0 Å². The fourth-order valence-corrected chi connectivity index (χ4v) is 3.10. The van der Waals surface area contributed by atoms with Crippen molar-refractivity contribution in [3.8, 4) is 11.4 Å². The van der Waals surface area contributed by atoms with Crippen LogP contribution in [0.2, 0.25) is 0 Å². The Morgan fingerprint density at radius 1 is 1.35 bits per heavy atom. The molecule has 0 bridgehead atoms. The topological polar surface area (TPSA) is 56.8 Å². The first-order valence-corrected chi connectivity index (χ1v) is 8.08. The Balaban J connectivity index is 1.88. The summed E-state index contributed by atoms with van der Waals surface area (Å²) in [7, 11) is 0. The van der Waals surface area contributed by atoms with Gasteiger partial charge in [0.2, 0.25) is 5.95 Å². The Morgan fingerprint density at radius 2 is 2.20 bits per heavy atom. The smallest absolute Gasteiger partial charge is 0.245 e. The quantitative estimate of drug-likeness (QED) is 0.813. The summed E-state index contributed by atoms with van der Waals surface area (Å²) in [4.78, 5) is 6.82. The molecule has 1 aromatic heterocycles. The minimum atomic E-state index is 0.461. The summed E-state index contributed by atoms with van der Waals surface area (Å²) in [6.45, 7) is 4.99. The highest BCUT2D eigenvalue weighted by molar-refractivity contribution is 9.11. The standard InChI is InChI=1S/C13H15Br2N5/c1-8-7-20(5-4-16-8)13-17-12(18-19-13)10-6-9(14)2-3-11(10)15/h2-3,6,8,16H,4-5,7H2,1H3,(H,17,18,19)/t8-/m1/s1. The van der Waals surface area contributed by atoms with Gasteiger partial charge in [-0.3, -0.25) is 5.10 Å². The van der Waals surface area contributed by atoms with Crippen LogP contribution in [-0.4, -0.2) is 40.9 Å². The minimum Gasteiger partial charge on any atom is -0.337 e. The van der Waals surface area contributed by atoms with Crippen LogP contribution in [0.3, 0.4) is 0 Å². The summed E-state index contributed by atoms with van der Waals surface area (Å²) in [6, 6.07) is 6.47. The molecule has 2 aromatic rings. The average Bonchev–Trinajstić information content (AvgIpc) is 2.91.